The zero-order valence-electron chi connectivity index (χ0n) is 16.3. The largest absolute Gasteiger partial charge is 0.467 e. The van der Waals surface area contributed by atoms with Crippen molar-refractivity contribution in [2.75, 3.05) is 13.1 Å². The Bertz CT molecular complexity index is 1130. The van der Waals surface area contributed by atoms with Crippen molar-refractivity contribution < 1.29 is 9.53 Å². The van der Waals surface area contributed by atoms with Gasteiger partial charge < -0.3 is 9.64 Å². The predicted octanol–water partition coefficient (Wildman–Crippen LogP) is 5.21. The van der Waals surface area contributed by atoms with E-state index >= 15 is 0 Å². The summed E-state index contributed by atoms with van der Waals surface area (Å²) in [4.78, 5) is 23.9. The van der Waals surface area contributed by atoms with Gasteiger partial charge in [-0.1, -0.05) is 35.6 Å². The van der Waals surface area contributed by atoms with Crippen molar-refractivity contribution in [1.29, 1.82) is 0 Å². The molecule has 1 fully saturated rings. The molecule has 0 aliphatic carbocycles. The van der Waals surface area contributed by atoms with Gasteiger partial charge in [-0.15, -0.1) is 11.3 Å². The highest BCUT2D eigenvalue weighted by atomic mass is 32.1. The second kappa shape index (κ2) is 7.39. The average Bonchev–Trinajstić information content (AvgIpc) is 3.36. The summed E-state index contributed by atoms with van der Waals surface area (Å²) in [6, 6.07) is 12.1. The van der Waals surface area contributed by atoms with E-state index in [0.717, 1.165) is 33.8 Å². The molecule has 0 saturated carbocycles. The average molecular weight is 424 g/mol. The van der Waals surface area contributed by atoms with Crippen molar-refractivity contribution in [3.05, 3.63) is 52.5 Å². The lowest BCUT2D eigenvalue weighted by Crippen LogP contribution is -2.41. The summed E-state index contributed by atoms with van der Waals surface area (Å²) in [6.07, 6.45) is 1.71. The molecule has 1 aliphatic rings. The van der Waals surface area contributed by atoms with Gasteiger partial charge in [0.05, 0.1) is 20.4 Å². The van der Waals surface area contributed by atoms with Crippen LogP contribution in [0.2, 0.25) is 0 Å². The van der Waals surface area contributed by atoms with Crippen LogP contribution in [0.4, 0.5) is 0 Å². The van der Waals surface area contributed by atoms with Gasteiger partial charge in [0.15, 0.2) is 5.01 Å². The van der Waals surface area contributed by atoms with Crippen LogP contribution in [0.3, 0.4) is 0 Å². The molecule has 5 rings (SSSR count). The van der Waals surface area contributed by atoms with Crippen LogP contribution in [0.5, 0.6) is 5.19 Å². The molecule has 2 aromatic carbocycles. The fraction of sp³-hybridized carbons (Fsp3) is 0.318. The number of para-hydroxylation sites is 1. The summed E-state index contributed by atoms with van der Waals surface area (Å²) in [7, 11) is 0. The molecule has 0 bridgehead atoms. The van der Waals surface area contributed by atoms with E-state index in [4.69, 9.17) is 9.72 Å². The minimum Gasteiger partial charge on any atom is -0.467 e. The number of amides is 1. The predicted molar refractivity (Wildman–Crippen MR) is 118 cm³/mol. The van der Waals surface area contributed by atoms with Crippen LogP contribution < -0.4 is 4.74 Å². The number of carbonyl (C=O) groups is 1. The number of nitrogens with zero attached hydrogens (tertiary/aromatic N) is 3. The van der Waals surface area contributed by atoms with E-state index in [1.54, 1.807) is 11.3 Å². The van der Waals surface area contributed by atoms with E-state index in [2.05, 4.69) is 31.0 Å². The number of piperidine rings is 1. The number of hydrogen-bond acceptors (Lipinski definition) is 6. The molecule has 4 aromatic rings. The number of aryl methyl sites for hydroxylation is 2. The molecule has 7 heteroatoms. The summed E-state index contributed by atoms with van der Waals surface area (Å²) in [6.45, 7) is 5.55. The fourth-order valence-corrected chi connectivity index (χ4v) is 5.67. The van der Waals surface area contributed by atoms with Gasteiger partial charge in [0.1, 0.15) is 6.10 Å². The van der Waals surface area contributed by atoms with E-state index in [9.17, 15) is 4.79 Å². The Balaban J connectivity index is 1.25. The minimum absolute atomic E-state index is 0.0240. The van der Waals surface area contributed by atoms with Crippen LogP contribution >= 0.6 is 22.7 Å². The van der Waals surface area contributed by atoms with Crippen molar-refractivity contribution in [1.82, 2.24) is 14.9 Å². The van der Waals surface area contributed by atoms with Gasteiger partial charge in [-0.2, -0.15) is 0 Å². The summed E-state index contributed by atoms with van der Waals surface area (Å²) in [5.41, 5.74) is 4.33. The van der Waals surface area contributed by atoms with Crippen LogP contribution in [0.1, 0.15) is 33.8 Å². The van der Waals surface area contributed by atoms with Crippen molar-refractivity contribution in [2.24, 2.45) is 0 Å². The molecule has 0 atom stereocenters. The second-order valence-electron chi connectivity index (χ2n) is 7.45. The van der Waals surface area contributed by atoms with Gasteiger partial charge in [0.25, 0.3) is 11.1 Å². The highest BCUT2D eigenvalue weighted by Crippen LogP contribution is 2.34. The Morgan fingerprint density at radius 3 is 2.55 bits per heavy atom. The van der Waals surface area contributed by atoms with E-state index in [1.165, 1.54) is 27.2 Å². The first-order chi connectivity index (χ1) is 14.1. The Kier molecular flexibility index (Phi) is 4.72. The van der Waals surface area contributed by atoms with Crippen LogP contribution in [0.15, 0.2) is 36.4 Å². The molecule has 1 amide bonds. The standard InChI is InChI=1S/C22H21N3O2S2/c1-13-7-8-14(2)19-18(13)24-22(29-19)27-15-9-11-25(12-10-15)21(26)20-23-16-5-3-4-6-17(16)28-20/h3-8,15H,9-12H2,1-2H3. The SMILES string of the molecule is Cc1ccc(C)c2sc(OC3CCN(C(=O)c4nc5ccccc5s4)CC3)nc12. The number of carbonyl (C=O) groups excluding carboxylic acids is 1. The zero-order valence-corrected chi connectivity index (χ0v) is 18.0. The molecular formula is C22H21N3O2S2. The number of thiazole rings is 2. The fourth-order valence-electron chi connectivity index (χ4n) is 3.71. The maximum Gasteiger partial charge on any atom is 0.282 e. The quantitative estimate of drug-likeness (QED) is 0.454. The Hall–Kier alpha value is -2.51. The lowest BCUT2D eigenvalue weighted by Gasteiger charge is -2.31. The molecule has 0 unspecified atom stereocenters. The summed E-state index contributed by atoms with van der Waals surface area (Å²) in [5, 5.41) is 1.30. The summed E-state index contributed by atoms with van der Waals surface area (Å²) < 4.78 is 8.44. The Labute approximate surface area is 177 Å². The van der Waals surface area contributed by atoms with E-state index in [1.807, 2.05) is 29.2 Å². The number of hydrogen-bond donors (Lipinski definition) is 0. The van der Waals surface area contributed by atoms with Gasteiger partial charge in [0.2, 0.25) is 0 Å². The Morgan fingerprint density at radius 2 is 1.79 bits per heavy atom. The summed E-state index contributed by atoms with van der Waals surface area (Å²) in [5.74, 6) is 0.0240. The van der Waals surface area contributed by atoms with Gasteiger partial charge in [-0.05, 0) is 37.1 Å². The number of benzene rings is 2. The molecule has 0 spiro atoms. The molecule has 148 valence electrons. The molecule has 1 aliphatic heterocycles. The third kappa shape index (κ3) is 3.49. The highest BCUT2D eigenvalue weighted by Gasteiger charge is 2.27. The molecule has 3 heterocycles. The second-order valence-corrected chi connectivity index (χ2v) is 9.45. The zero-order chi connectivity index (χ0) is 20.0. The van der Waals surface area contributed by atoms with Gasteiger partial charge in [0, 0.05) is 25.9 Å². The first-order valence-electron chi connectivity index (χ1n) is 9.77. The number of aromatic nitrogens is 2. The third-order valence-electron chi connectivity index (χ3n) is 5.40. The van der Waals surface area contributed by atoms with Crippen molar-refractivity contribution >= 4 is 49.0 Å². The van der Waals surface area contributed by atoms with Gasteiger partial charge in [-0.3, -0.25) is 4.79 Å². The molecule has 2 aromatic heterocycles. The van der Waals surface area contributed by atoms with Crippen LogP contribution in [-0.4, -0.2) is 40.0 Å². The lowest BCUT2D eigenvalue weighted by atomic mass is 10.1. The third-order valence-corrected chi connectivity index (χ3v) is 7.50. The first-order valence-corrected chi connectivity index (χ1v) is 11.4. The molecular weight excluding hydrogens is 402 g/mol. The Morgan fingerprint density at radius 1 is 1.03 bits per heavy atom. The smallest absolute Gasteiger partial charge is 0.282 e. The monoisotopic (exact) mass is 423 g/mol. The highest BCUT2D eigenvalue weighted by molar-refractivity contribution is 7.20. The number of rotatable bonds is 3. The number of fused-ring (bicyclic) bond motifs is 2. The molecule has 1 saturated heterocycles. The van der Waals surface area contributed by atoms with E-state index in [-0.39, 0.29) is 12.0 Å². The summed E-state index contributed by atoms with van der Waals surface area (Å²) >= 11 is 3.08. The molecule has 0 N–H and O–H groups in total. The van der Waals surface area contributed by atoms with Crippen molar-refractivity contribution in [3.63, 3.8) is 0 Å². The topological polar surface area (TPSA) is 55.3 Å². The van der Waals surface area contributed by atoms with Gasteiger partial charge >= 0.3 is 0 Å². The van der Waals surface area contributed by atoms with Crippen molar-refractivity contribution in [2.45, 2.75) is 32.8 Å². The van der Waals surface area contributed by atoms with E-state index < -0.39 is 0 Å². The first kappa shape index (κ1) is 18.5. The molecule has 0 radical (unpaired) electrons. The minimum atomic E-state index is 0.0240. The maximum absolute atomic E-state index is 12.8. The van der Waals surface area contributed by atoms with Crippen molar-refractivity contribution in [3.8, 4) is 5.19 Å². The van der Waals surface area contributed by atoms with Crippen LogP contribution in [0.25, 0.3) is 20.4 Å². The molecule has 29 heavy (non-hydrogen) atoms. The lowest BCUT2D eigenvalue weighted by molar-refractivity contribution is 0.0595. The van der Waals surface area contributed by atoms with Crippen LogP contribution in [0, 0.1) is 13.8 Å². The van der Waals surface area contributed by atoms with Crippen LogP contribution in [-0.2, 0) is 0 Å². The number of likely N-dealkylation sites (tertiary alicyclic amines) is 1. The van der Waals surface area contributed by atoms with E-state index in [0.29, 0.717) is 18.1 Å². The van der Waals surface area contributed by atoms with Gasteiger partial charge in [-0.25, -0.2) is 9.97 Å². The maximum atomic E-state index is 12.8. The number of ether oxygens (including phenoxy) is 1. The molecule has 5 nitrogen and oxygen atoms in total. The normalized spacial score (nSPS) is 15.3.